The second kappa shape index (κ2) is 9.32. The number of nitrogens with zero attached hydrogens (tertiary/aromatic N) is 4. The highest BCUT2D eigenvalue weighted by Crippen LogP contribution is 2.32. The first-order valence-corrected chi connectivity index (χ1v) is 11.3. The Labute approximate surface area is 184 Å². The van der Waals surface area contributed by atoms with Gasteiger partial charge < -0.3 is 19.0 Å². The zero-order valence-corrected chi connectivity index (χ0v) is 18.7. The Hall–Kier alpha value is -2.16. The molecule has 1 aliphatic heterocycles. The molecule has 3 heterocycles. The summed E-state index contributed by atoms with van der Waals surface area (Å²) in [6.45, 7) is 7.65. The molecule has 0 N–H and O–H groups in total. The van der Waals surface area contributed by atoms with Gasteiger partial charge >= 0.3 is 0 Å². The van der Waals surface area contributed by atoms with E-state index in [-0.39, 0.29) is 0 Å². The Kier molecular flexibility index (Phi) is 6.55. The summed E-state index contributed by atoms with van der Waals surface area (Å²) in [5, 5.41) is 5.70. The number of aryl methyl sites for hydroxylation is 1. The minimum atomic E-state index is 0.369. The maximum atomic E-state index is 10.5. The molecule has 2 aromatic heterocycles. The van der Waals surface area contributed by atoms with E-state index >= 15 is 0 Å². The number of anilines is 1. The first-order chi connectivity index (χ1) is 14.5. The summed E-state index contributed by atoms with van der Waals surface area (Å²) in [6.07, 6.45) is 1.85. The van der Waals surface area contributed by atoms with Crippen molar-refractivity contribution >= 4 is 44.6 Å². The topological polar surface area (TPSA) is 71.7 Å². The fraction of sp³-hybridized carbons (Fsp3) is 0.476. The number of hydrogen-bond donors (Lipinski definition) is 0. The summed E-state index contributed by atoms with van der Waals surface area (Å²) in [5.74, 6) is 1.15. The Morgan fingerprint density at radius 2 is 2.10 bits per heavy atom. The number of aromatic nitrogens is 2. The lowest BCUT2D eigenvalue weighted by Gasteiger charge is -2.44. The number of benzene rings is 1. The average molecular weight is 449 g/mol. The van der Waals surface area contributed by atoms with Crippen molar-refractivity contribution in [2.24, 2.45) is 0 Å². The molecular weight excluding hydrogens is 424 g/mol. The van der Waals surface area contributed by atoms with Gasteiger partial charge in [-0.1, -0.05) is 22.9 Å². The molecule has 1 saturated heterocycles. The van der Waals surface area contributed by atoms with Crippen LogP contribution in [-0.4, -0.2) is 59.7 Å². The molecule has 0 aliphatic carbocycles. The Balaban J connectivity index is 1.32. The number of fused-ring (bicyclic) bond motifs is 1. The fourth-order valence-corrected chi connectivity index (χ4v) is 5.17. The number of piperazine rings is 1. The zero-order chi connectivity index (χ0) is 21.1. The molecule has 9 heteroatoms. The van der Waals surface area contributed by atoms with Gasteiger partial charge in [0.25, 0.3) is 5.88 Å². The fourth-order valence-electron chi connectivity index (χ4n) is 3.91. The van der Waals surface area contributed by atoms with Crippen molar-refractivity contribution in [2.75, 3.05) is 31.1 Å². The summed E-state index contributed by atoms with van der Waals surface area (Å²) in [7, 11) is 0. The number of hydrogen-bond acceptors (Lipinski definition) is 8. The van der Waals surface area contributed by atoms with Crippen LogP contribution in [0.1, 0.15) is 26.0 Å². The predicted octanol–water partition coefficient (Wildman–Crippen LogP) is 4.05. The molecule has 0 bridgehead atoms. The minimum absolute atomic E-state index is 0.369. The van der Waals surface area contributed by atoms with Gasteiger partial charge in [0.05, 0.1) is 10.2 Å². The summed E-state index contributed by atoms with van der Waals surface area (Å²) in [6, 6.07) is 8.34. The number of ether oxygens (including phenoxy) is 1. The van der Waals surface area contributed by atoms with Crippen molar-refractivity contribution in [3.8, 4) is 5.88 Å². The quantitative estimate of drug-likeness (QED) is 0.481. The molecule has 2 atom stereocenters. The van der Waals surface area contributed by atoms with Crippen molar-refractivity contribution in [2.45, 2.75) is 38.8 Å². The molecule has 4 rings (SSSR count). The van der Waals surface area contributed by atoms with E-state index in [1.165, 1.54) is 0 Å². The van der Waals surface area contributed by atoms with Gasteiger partial charge in [0.15, 0.2) is 5.13 Å². The number of carbonyl (C=O) groups is 1. The second-order valence-electron chi connectivity index (χ2n) is 7.63. The van der Waals surface area contributed by atoms with Crippen LogP contribution in [0.3, 0.4) is 0 Å². The van der Waals surface area contributed by atoms with Crippen molar-refractivity contribution < 1.29 is 14.1 Å². The van der Waals surface area contributed by atoms with Gasteiger partial charge in [-0.15, -0.1) is 0 Å². The maximum Gasteiger partial charge on any atom is 0.254 e. The summed E-state index contributed by atoms with van der Waals surface area (Å²) in [5.41, 5.74) is 0.996. The van der Waals surface area contributed by atoms with Gasteiger partial charge in [-0.25, -0.2) is 4.98 Å². The van der Waals surface area contributed by atoms with Crippen LogP contribution < -0.4 is 9.64 Å². The zero-order valence-electron chi connectivity index (χ0n) is 17.1. The van der Waals surface area contributed by atoms with E-state index in [0.717, 1.165) is 46.3 Å². The molecule has 0 spiro atoms. The van der Waals surface area contributed by atoms with E-state index in [4.69, 9.17) is 25.8 Å². The number of thiazole rings is 1. The molecule has 0 unspecified atom stereocenters. The third-order valence-electron chi connectivity index (χ3n) is 5.36. The summed E-state index contributed by atoms with van der Waals surface area (Å²) >= 11 is 7.81. The molecule has 0 saturated carbocycles. The summed E-state index contributed by atoms with van der Waals surface area (Å²) in [4.78, 5) is 20.1. The minimum Gasteiger partial charge on any atom is -0.474 e. The molecule has 1 aliphatic rings. The summed E-state index contributed by atoms with van der Waals surface area (Å²) < 4.78 is 12.1. The Morgan fingerprint density at radius 3 is 2.87 bits per heavy atom. The van der Waals surface area contributed by atoms with Gasteiger partial charge in [-0.2, -0.15) is 0 Å². The lowest BCUT2D eigenvalue weighted by atomic mass is 10.1. The highest BCUT2D eigenvalue weighted by atomic mass is 35.5. The molecule has 1 aromatic carbocycles. The number of halogens is 1. The highest BCUT2D eigenvalue weighted by Gasteiger charge is 2.30. The van der Waals surface area contributed by atoms with Crippen LogP contribution in [0.4, 0.5) is 5.13 Å². The lowest BCUT2D eigenvalue weighted by molar-refractivity contribution is -0.107. The van der Waals surface area contributed by atoms with Crippen LogP contribution in [0.15, 0.2) is 28.8 Å². The average Bonchev–Trinajstić information content (AvgIpc) is 3.34. The third kappa shape index (κ3) is 4.77. The van der Waals surface area contributed by atoms with Crippen LogP contribution in [0, 0.1) is 0 Å². The molecule has 160 valence electrons. The van der Waals surface area contributed by atoms with Gasteiger partial charge in [0.2, 0.25) is 0 Å². The van der Waals surface area contributed by atoms with Crippen LogP contribution in [0.5, 0.6) is 5.88 Å². The number of rotatable bonds is 8. The smallest absolute Gasteiger partial charge is 0.254 e. The molecule has 0 amide bonds. The van der Waals surface area contributed by atoms with Gasteiger partial charge in [0, 0.05) is 55.6 Å². The maximum absolute atomic E-state index is 10.5. The standard InChI is InChI=1S/C21H25ClN4O3S/c1-14-12-25(21-23-18-6-5-16(22)10-19(18)30-21)13-15(2)26(14)7-9-28-20-11-17(29-24-20)4-3-8-27/h5-6,8,10-11,14-15H,3-4,7,9,12-13H2,1-2H3/t14-,15+. The van der Waals surface area contributed by atoms with Gasteiger partial charge in [-0.3, -0.25) is 4.90 Å². The largest absolute Gasteiger partial charge is 0.474 e. The van der Waals surface area contributed by atoms with Crippen LogP contribution in [0.2, 0.25) is 5.02 Å². The van der Waals surface area contributed by atoms with Gasteiger partial charge in [-0.05, 0) is 37.2 Å². The monoisotopic (exact) mass is 448 g/mol. The van der Waals surface area contributed by atoms with Crippen molar-refractivity contribution in [1.82, 2.24) is 15.0 Å². The second-order valence-corrected chi connectivity index (χ2v) is 9.08. The molecular formula is C21H25ClN4O3S. The lowest BCUT2D eigenvalue weighted by Crippen LogP contribution is -2.57. The van der Waals surface area contributed by atoms with E-state index in [0.29, 0.717) is 43.2 Å². The van der Waals surface area contributed by atoms with Crippen LogP contribution in [-0.2, 0) is 11.2 Å². The van der Waals surface area contributed by atoms with Crippen molar-refractivity contribution in [3.05, 3.63) is 35.0 Å². The molecule has 7 nitrogen and oxygen atoms in total. The molecule has 1 fully saturated rings. The van der Waals surface area contributed by atoms with E-state index < -0.39 is 0 Å². The Bertz CT molecular complexity index is 995. The normalized spacial score (nSPS) is 20.0. The van der Waals surface area contributed by atoms with Crippen LogP contribution in [0.25, 0.3) is 10.2 Å². The number of aldehydes is 1. The van der Waals surface area contributed by atoms with E-state index in [9.17, 15) is 4.79 Å². The Morgan fingerprint density at radius 1 is 1.30 bits per heavy atom. The highest BCUT2D eigenvalue weighted by molar-refractivity contribution is 7.22. The molecule has 3 aromatic rings. The first-order valence-electron chi connectivity index (χ1n) is 10.1. The van der Waals surface area contributed by atoms with Crippen molar-refractivity contribution in [3.63, 3.8) is 0 Å². The number of carbonyl (C=O) groups excluding carboxylic acids is 1. The molecule has 30 heavy (non-hydrogen) atoms. The van der Waals surface area contributed by atoms with Crippen LogP contribution >= 0.6 is 22.9 Å². The van der Waals surface area contributed by atoms with Gasteiger partial charge in [0.1, 0.15) is 18.7 Å². The van der Waals surface area contributed by atoms with Crippen molar-refractivity contribution in [1.29, 1.82) is 0 Å². The first kappa shape index (κ1) is 21.1. The van der Waals surface area contributed by atoms with E-state index in [1.807, 2.05) is 18.2 Å². The molecule has 0 radical (unpaired) electrons. The SMILES string of the molecule is C[C@@H]1CN(c2nc3ccc(Cl)cc3s2)C[C@H](C)N1CCOc1cc(CCC=O)on1. The van der Waals surface area contributed by atoms with E-state index in [1.54, 1.807) is 17.4 Å². The third-order valence-corrected chi connectivity index (χ3v) is 6.67. The van der Waals surface area contributed by atoms with E-state index in [2.05, 4.69) is 28.8 Å². The predicted molar refractivity (Wildman–Crippen MR) is 119 cm³/mol.